The van der Waals surface area contributed by atoms with Crippen LogP contribution >= 0.6 is 0 Å². The molecular formula is C16H21NO8. The lowest BCUT2D eigenvalue weighted by Crippen LogP contribution is -2.28. The van der Waals surface area contributed by atoms with Crippen molar-refractivity contribution >= 4 is 17.9 Å². The van der Waals surface area contributed by atoms with Gasteiger partial charge in [-0.2, -0.15) is 5.06 Å². The average molecular weight is 355 g/mol. The fourth-order valence-electron chi connectivity index (χ4n) is 1.86. The first kappa shape index (κ1) is 20.4. The molecule has 0 radical (unpaired) electrons. The number of nitrogens with zero attached hydrogens (tertiary/aromatic N) is 1. The molecule has 138 valence electrons. The van der Waals surface area contributed by atoms with Crippen LogP contribution in [0.25, 0.3) is 0 Å². The smallest absolute Gasteiger partial charge is 0.422 e. The van der Waals surface area contributed by atoms with Crippen LogP contribution in [-0.4, -0.2) is 57.6 Å². The van der Waals surface area contributed by atoms with Crippen molar-refractivity contribution in [3.05, 3.63) is 23.8 Å². The van der Waals surface area contributed by atoms with Gasteiger partial charge in [0.2, 0.25) is 0 Å². The number of hydroxylamine groups is 2. The Morgan fingerprint density at radius 1 is 1.20 bits per heavy atom. The molecule has 0 saturated carbocycles. The van der Waals surface area contributed by atoms with Gasteiger partial charge in [0.25, 0.3) is 0 Å². The van der Waals surface area contributed by atoms with Crippen molar-refractivity contribution in [2.45, 2.75) is 32.7 Å². The number of ether oxygens (including phenoxy) is 2. The molecule has 0 unspecified atom stereocenters. The minimum atomic E-state index is -1.74. The first-order valence-electron chi connectivity index (χ1n) is 7.58. The topological polar surface area (TPSA) is 134 Å². The van der Waals surface area contributed by atoms with E-state index in [0.717, 1.165) is 5.06 Å². The van der Waals surface area contributed by atoms with E-state index in [1.165, 1.54) is 18.2 Å². The summed E-state index contributed by atoms with van der Waals surface area (Å²) in [6.07, 6.45) is 0.168. The molecule has 0 aliphatic rings. The Morgan fingerprint density at radius 3 is 2.44 bits per heavy atom. The van der Waals surface area contributed by atoms with Crippen molar-refractivity contribution in [1.82, 2.24) is 5.06 Å². The van der Waals surface area contributed by atoms with Crippen LogP contribution in [0, 0.1) is 0 Å². The SMILES string of the molecule is CC(C)N(O)CCCOc1cc(OC(=O)C(=O)O)ccc1CC(=O)O. The standard InChI is InChI=1S/C16H21NO8/c1-10(2)17(23)6-3-7-24-13-9-12(25-16(22)15(20)21)5-4-11(13)8-14(18)19/h4-5,9-10,23H,3,6-8H2,1-2H3,(H,18,19)(H,20,21). The Bertz CT molecular complexity index is 629. The molecular weight excluding hydrogens is 334 g/mol. The van der Waals surface area contributed by atoms with E-state index >= 15 is 0 Å². The van der Waals surface area contributed by atoms with Crippen LogP contribution in [0.1, 0.15) is 25.8 Å². The van der Waals surface area contributed by atoms with Crippen molar-refractivity contribution in [2.75, 3.05) is 13.2 Å². The molecule has 1 aromatic carbocycles. The molecule has 0 spiro atoms. The van der Waals surface area contributed by atoms with Crippen LogP contribution < -0.4 is 9.47 Å². The third-order valence-electron chi connectivity index (χ3n) is 3.15. The number of carbonyl (C=O) groups is 3. The molecule has 0 heterocycles. The summed E-state index contributed by atoms with van der Waals surface area (Å²) in [6, 6.07) is 3.90. The monoisotopic (exact) mass is 355 g/mol. The summed E-state index contributed by atoms with van der Waals surface area (Å²) >= 11 is 0. The maximum absolute atomic E-state index is 11.1. The minimum absolute atomic E-state index is 0.0404. The van der Waals surface area contributed by atoms with Crippen LogP contribution in [0.5, 0.6) is 11.5 Å². The van der Waals surface area contributed by atoms with Crippen molar-refractivity contribution in [2.24, 2.45) is 0 Å². The number of aliphatic carboxylic acids is 2. The molecule has 9 nitrogen and oxygen atoms in total. The highest BCUT2D eigenvalue weighted by Gasteiger charge is 2.16. The first-order chi connectivity index (χ1) is 11.7. The molecule has 25 heavy (non-hydrogen) atoms. The van der Waals surface area contributed by atoms with Gasteiger partial charge in [-0.1, -0.05) is 6.07 Å². The van der Waals surface area contributed by atoms with E-state index in [-0.39, 0.29) is 30.6 Å². The zero-order valence-electron chi connectivity index (χ0n) is 14.0. The van der Waals surface area contributed by atoms with Crippen LogP contribution in [0.4, 0.5) is 0 Å². The Morgan fingerprint density at radius 2 is 1.88 bits per heavy atom. The lowest BCUT2D eigenvalue weighted by Gasteiger charge is -2.19. The fourth-order valence-corrected chi connectivity index (χ4v) is 1.86. The van der Waals surface area contributed by atoms with Gasteiger partial charge in [-0.25, -0.2) is 9.59 Å². The van der Waals surface area contributed by atoms with Gasteiger partial charge in [-0.05, 0) is 26.3 Å². The van der Waals surface area contributed by atoms with Gasteiger partial charge in [-0.15, -0.1) is 0 Å². The van der Waals surface area contributed by atoms with Gasteiger partial charge < -0.3 is 24.9 Å². The van der Waals surface area contributed by atoms with Crippen LogP contribution in [-0.2, 0) is 20.8 Å². The molecule has 9 heteroatoms. The highest BCUT2D eigenvalue weighted by atomic mass is 16.6. The largest absolute Gasteiger partial charge is 0.493 e. The molecule has 0 bridgehead atoms. The van der Waals surface area contributed by atoms with Gasteiger partial charge in [0.15, 0.2) is 0 Å². The third-order valence-corrected chi connectivity index (χ3v) is 3.15. The van der Waals surface area contributed by atoms with E-state index in [2.05, 4.69) is 4.74 Å². The molecule has 0 aromatic heterocycles. The molecule has 0 fully saturated rings. The average Bonchev–Trinajstić information content (AvgIpc) is 2.52. The number of rotatable bonds is 9. The minimum Gasteiger partial charge on any atom is -0.493 e. The normalized spacial score (nSPS) is 10.8. The zero-order valence-corrected chi connectivity index (χ0v) is 14.0. The van der Waals surface area contributed by atoms with Gasteiger partial charge in [0.1, 0.15) is 11.5 Å². The van der Waals surface area contributed by atoms with Crippen molar-refractivity contribution in [3.63, 3.8) is 0 Å². The number of hydrogen-bond acceptors (Lipinski definition) is 7. The second-order valence-electron chi connectivity index (χ2n) is 5.49. The van der Waals surface area contributed by atoms with E-state index in [0.29, 0.717) is 18.5 Å². The molecule has 0 atom stereocenters. The molecule has 1 aromatic rings. The van der Waals surface area contributed by atoms with Gasteiger partial charge in [0, 0.05) is 24.2 Å². The third kappa shape index (κ3) is 7.19. The lowest BCUT2D eigenvalue weighted by molar-refractivity contribution is -0.158. The predicted octanol–water partition coefficient (Wildman–Crippen LogP) is 1.17. The Hall–Kier alpha value is -2.65. The summed E-state index contributed by atoms with van der Waals surface area (Å²) < 4.78 is 10.1. The molecule has 0 amide bonds. The predicted molar refractivity (Wildman–Crippen MR) is 84.8 cm³/mol. The summed E-state index contributed by atoms with van der Waals surface area (Å²) in [5, 5.41) is 28.2. The van der Waals surface area contributed by atoms with E-state index in [1.807, 2.05) is 13.8 Å². The molecule has 0 aliphatic heterocycles. The molecule has 0 aliphatic carbocycles. The molecule has 0 saturated heterocycles. The van der Waals surface area contributed by atoms with Crippen molar-refractivity contribution < 1.29 is 39.3 Å². The van der Waals surface area contributed by atoms with Gasteiger partial charge >= 0.3 is 17.9 Å². The number of carboxylic acid groups (broad SMARTS) is 2. The van der Waals surface area contributed by atoms with E-state index in [4.69, 9.17) is 14.9 Å². The second-order valence-corrected chi connectivity index (χ2v) is 5.49. The number of benzene rings is 1. The van der Waals surface area contributed by atoms with E-state index in [9.17, 15) is 19.6 Å². The Labute approximate surface area is 144 Å². The number of carboxylic acids is 2. The summed E-state index contributed by atoms with van der Waals surface area (Å²) in [6.45, 7) is 4.20. The fraction of sp³-hybridized carbons (Fsp3) is 0.438. The molecule has 3 N–H and O–H groups in total. The van der Waals surface area contributed by atoms with Crippen molar-refractivity contribution in [3.8, 4) is 11.5 Å². The number of esters is 1. The van der Waals surface area contributed by atoms with E-state index in [1.54, 1.807) is 0 Å². The van der Waals surface area contributed by atoms with Crippen LogP contribution in [0.2, 0.25) is 0 Å². The highest BCUT2D eigenvalue weighted by Crippen LogP contribution is 2.26. The van der Waals surface area contributed by atoms with Crippen LogP contribution in [0.3, 0.4) is 0 Å². The Kier molecular flexibility index (Phi) is 7.83. The Balaban J connectivity index is 2.79. The first-order valence-corrected chi connectivity index (χ1v) is 7.58. The molecule has 1 rings (SSSR count). The van der Waals surface area contributed by atoms with Crippen molar-refractivity contribution in [1.29, 1.82) is 0 Å². The van der Waals surface area contributed by atoms with Gasteiger partial charge in [0.05, 0.1) is 13.0 Å². The lowest BCUT2D eigenvalue weighted by atomic mass is 10.1. The van der Waals surface area contributed by atoms with Gasteiger partial charge in [-0.3, -0.25) is 4.79 Å². The summed E-state index contributed by atoms with van der Waals surface area (Å²) in [4.78, 5) is 32.5. The highest BCUT2D eigenvalue weighted by molar-refractivity contribution is 6.29. The summed E-state index contributed by atoms with van der Waals surface area (Å²) in [7, 11) is 0. The number of hydrogen-bond donors (Lipinski definition) is 3. The summed E-state index contributed by atoms with van der Waals surface area (Å²) in [5.41, 5.74) is 0.354. The quantitative estimate of drug-likeness (QED) is 0.196. The zero-order chi connectivity index (χ0) is 19.0. The summed E-state index contributed by atoms with van der Waals surface area (Å²) in [5.74, 6) is -4.16. The maximum Gasteiger partial charge on any atom is 0.422 e. The van der Waals surface area contributed by atoms with Crippen LogP contribution in [0.15, 0.2) is 18.2 Å². The maximum atomic E-state index is 11.1. The van der Waals surface area contributed by atoms with E-state index < -0.39 is 17.9 Å². The number of carbonyl (C=O) groups excluding carboxylic acids is 1. The second kappa shape index (κ2) is 9.60.